The lowest BCUT2D eigenvalue weighted by Gasteiger charge is -2.15. The van der Waals surface area contributed by atoms with E-state index in [2.05, 4.69) is 15.9 Å². The van der Waals surface area contributed by atoms with Gasteiger partial charge < -0.3 is 14.6 Å². The van der Waals surface area contributed by atoms with E-state index in [4.69, 9.17) is 26.8 Å². The fraction of sp³-hybridized carbons (Fsp3) is 0.227. The smallest absolute Gasteiger partial charge is 0.335 e. The van der Waals surface area contributed by atoms with Crippen LogP contribution in [0.1, 0.15) is 35.3 Å². The molecule has 0 radical (unpaired) electrons. The van der Waals surface area contributed by atoms with Gasteiger partial charge in [-0.2, -0.15) is 0 Å². The summed E-state index contributed by atoms with van der Waals surface area (Å²) in [5.41, 5.74) is 1.69. The van der Waals surface area contributed by atoms with Gasteiger partial charge in [-0.15, -0.1) is 0 Å². The third kappa shape index (κ3) is 5.47. The fourth-order valence-electron chi connectivity index (χ4n) is 2.95. The molecule has 31 heavy (non-hydrogen) atoms. The van der Waals surface area contributed by atoms with Crippen LogP contribution in [-0.2, 0) is 11.4 Å². The molecule has 2 aromatic carbocycles. The number of carbonyl (C=O) groups is 2. The summed E-state index contributed by atoms with van der Waals surface area (Å²) in [7, 11) is 0. The molecule has 0 unspecified atom stereocenters. The maximum atomic E-state index is 12.5. The first-order valence-corrected chi connectivity index (χ1v) is 11.5. The molecule has 0 spiro atoms. The highest BCUT2D eigenvalue weighted by Crippen LogP contribution is 2.39. The van der Waals surface area contributed by atoms with E-state index < -0.39 is 5.97 Å². The minimum atomic E-state index is -0.990. The molecule has 2 aromatic rings. The molecular formula is C22H20BrNO5S2. The number of aromatic carboxylic acids is 1. The zero-order valence-electron chi connectivity index (χ0n) is 16.9. The van der Waals surface area contributed by atoms with Gasteiger partial charge in [-0.25, -0.2) is 4.79 Å². The summed E-state index contributed by atoms with van der Waals surface area (Å²) < 4.78 is 12.9. The Morgan fingerprint density at radius 3 is 2.68 bits per heavy atom. The van der Waals surface area contributed by atoms with Crippen molar-refractivity contribution in [2.45, 2.75) is 20.5 Å². The first-order valence-electron chi connectivity index (χ1n) is 9.50. The molecule has 3 rings (SSSR count). The predicted molar refractivity (Wildman–Crippen MR) is 129 cm³/mol. The van der Waals surface area contributed by atoms with Crippen LogP contribution in [-0.4, -0.2) is 39.4 Å². The van der Waals surface area contributed by atoms with Gasteiger partial charge in [0.05, 0.1) is 21.5 Å². The molecule has 162 valence electrons. The minimum Gasteiger partial charge on any atom is -0.490 e. The molecule has 1 amide bonds. The number of hydrogen-bond acceptors (Lipinski definition) is 6. The molecule has 1 aliphatic heterocycles. The van der Waals surface area contributed by atoms with Gasteiger partial charge in [0.15, 0.2) is 11.5 Å². The second-order valence-electron chi connectivity index (χ2n) is 6.48. The largest absolute Gasteiger partial charge is 0.490 e. The quantitative estimate of drug-likeness (QED) is 0.370. The molecular weight excluding hydrogens is 502 g/mol. The van der Waals surface area contributed by atoms with E-state index in [0.29, 0.717) is 38.3 Å². The molecule has 0 saturated carbocycles. The van der Waals surface area contributed by atoms with Gasteiger partial charge in [0.1, 0.15) is 10.9 Å². The van der Waals surface area contributed by atoms with Crippen molar-refractivity contribution < 1.29 is 24.2 Å². The number of carboxylic acids is 1. The van der Waals surface area contributed by atoms with E-state index in [-0.39, 0.29) is 18.1 Å². The maximum absolute atomic E-state index is 12.5. The number of hydrogen-bond donors (Lipinski definition) is 1. The van der Waals surface area contributed by atoms with E-state index in [1.54, 1.807) is 35.2 Å². The van der Waals surface area contributed by atoms with Crippen LogP contribution < -0.4 is 9.47 Å². The number of likely N-dealkylation sites (N-methyl/N-ethyl adjacent to an activating group) is 1. The topological polar surface area (TPSA) is 76.1 Å². The van der Waals surface area contributed by atoms with Crippen LogP contribution in [0.3, 0.4) is 0 Å². The Morgan fingerprint density at radius 1 is 1.26 bits per heavy atom. The first kappa shape index (κ1) is 23.3. The number of amides is 1. The Kier molecular flexibility index (Phi) is 7.74. The second-order valence-corrected chi connectivity index (χ2v) is 9.01. The van der Waals surface area contributed by atoms with Crippen LogP contribution in [0.15, 0.2) is 45.8 Å². The van der Waals surface area contributed by atoms with Crippen LogP contribution in [0, 0.1) is 0 Å². The van der Waals surface area contributed by atoms with Gasteiger partial charge in [-0.1, -0.05) is 36.1 Å². The van der Waals surface area contributed by atoms with Crippen LogP contribution in [0.25, 0.3) is 6.08 Å². The number of benzene rings is 2. The van der Waals surface area contributed by atoms with Crippen molar-refractivity contribution in [3.05, 3.63) is 62.5 Å². The molecule has 1 fully saturated rings. The van der Waals surface area contributed by atoms with Gasteiger partial charge in [-0.3, -0.25) is 9.69 Å². The highest BCUT2D eigenvalue weighted by molar-refractivity contribution is 9.10. The van der Waals surface area contributed by atoms with E-state index in [1.165, 1.54) is 17.8 Å². The number of carboxylic acid groups (broad SMARTS) is 1. The summed E-state index contributed by atoms with van der Waals surface area (Å²) >= 11 is 10.1. The molecule has 0 bridgehead atoms. The van der Waals surface area contributed by atoms with Gasteiger partial charge in [0.2, 0.25) is 0 Å². The highest BCUT2D eigenvalue weighted by Gasteiger charge is 2.30. The molecule has 1 N–H and O–H groups in total. The maximum Gasteiger partial charge on any atom is 0.335 e. The van der Waals surface area contributed by atoms with Crippen molar-refractivity contribution in [3.8, 4) is 11.5 Å². The van der Waals surface area contributed by atoms with Gasteiger partial charge >= 0.3 is 5.97 Å². The van der Waals surface area contributed by atoms with E-state index in [9.17, 15) is 9.59 Å². The minimum absolute atomic E-state index is 0.106. The lowest BCUT2D eigenvalue weighted by atomic mass is 10.1. The van der Waals surface area contributed by atoms with Gasteiger partial charge in [-0.05, 0) is 71.2 Å². The molecule has 9 heteroatoms. The van der Waals surface area contributed by atoms with Crippen LogP contribution in [0.5, 0.6) is 11.5 Å². The fourth-order valence-corrected chi connectivity index (χ4v) is 4.91. The van der Waals surface area contributed by atoms with Crippen molar-refractivity contribution in [1.82, 2.24) is 4.90 Å². The zero-order valence-corrected chi connectivity index (χ0v) is 20.1. The normalized spacial score (nSPS) is 14.9. The molecule has 1 saturated heterocycles. The summed E-state index contributed by atoms with van der Waals surface area (Å²) in [4.78, 5) is 25.8. The third-order valence-electron chi connectivity index (χ3n) is 4.38. The molecule has 1 aliphatic rings. The standard InChI is InChI=1S/C22H20BrNO5S2/c1-3-24-20(25)18(31-22(24)30)11-14-9-16(23)19(17(10-14)28-4-2)29-12-13-6-5-7-15(8-13)21(26)27/h5-11H,3-4,12H2,1-2H3,(H,26,27)/b18-11-. The number of rotatable bonds is 8. The molecule has 6 nitrogen and oxygen atoms in total. The molecule has 0 aliphatic carbocycles. The Labute approximate surface area is 198 Å². The zero-order chi connectivity index (χ0) is 22.5. The number of carbonyl (C=O) groups excluding carboxylic acids is 1. The van der Waals surface area contributed by atoms with Crippen LogP contribution >= 0.6 is 39.9 Å². The average Bonchev–Trinajstić information content (AvgIpc) is 3.00. The average molecular weight is 522 g/mol. The summed E-state index contributed by atoms with van der Waals surface area (Å²) in [6.07, 6.45) is 1.78. The lowest BCUT2D eigenvalue weighted by molar-refractivity contribution is -0.121. The van der Waals surface area contributed by atoms with Crippen LogP contribution in [0.2, 0.25) is 0 Å². The lowest BCUT2D eigenvalue weighted by Crippen LogP contribution is -2.27. The third-order valence-corrected chi connectivity index (χ3v) is 6.34. The second kappa shape index (κ2) is 10.3. The van der Waals surface area contributed by atoms with Crippen molar-refractivity contribution >= 4 is 62.2 Å². The summed E-state index contributed by atoms with van der Waals surface area (Å²) in [5.74, 6) is -0.0783. The van der Waals surface area contributed by atoms with Gasteiger partial charge in [0, 0.05) is 6.54 Å². The van der Waals surface area contributed by atoms with E-state index in [0.717, 1.165) is 11.1 Å². The summed E-state index contributed by atoms with van der Waals surface area (Å²) in [6, 6.07) is 10.2. The Bertz CT molecular complexity index is 1070. The molecule has 0 aromatic heterocycles. The molecule has 0 atom stereocenters. The van der Waals surface area contributed by atoms with Crippen molar-refractivity contribution in [2.75, 3.05) is 13.2 Å². The summed E-state index contributed by atoms with van der Waals surface area (Å²) in [6.45, 7) is 4.89. The number of thiocarbonyl (C=S) groups is 1. The van der Waals surface area contributed by atoms with Crippen molar-refractivity contribution in [1.29, 1.82) is 0 Å². The Morgan fingerprint density at radius 2 is 2.03 bits per heavy atom. The highest BCUT2D eigenvalue weighted by atomic mass is 79.9. The van der Waals surface area contributed by atoms with Crippen molar-refractivity contribution in [3.63, 3.8) is 0 Å². The van der Waals surface area contributed by atoms with Gasteiger partial charge in [0.25, 0.3) is 5.91 Å². The number of ether oxygens (including phenoxy) is 2. The van der Waals surface area contributed by atoms with E-state index in [1.807, 2.05) is 19.9 Å². The number of halogens is 1. The monoisotopic (exact) mass is 521 g/mol. The van der Waals surface area contributed by atoms with E-state index >= 15 is 0 Å². The number of thioether (sulfide) groups is 1. The Balaban J connectivity index is 1.86. The Hall–Kier alpha value is -2.36. The first-order chi connectivity index (χ1) is 14.8. The predicted octanol–water partition coefficient (Wildman–Crippen LogP) is 5.35. The SMILES string of the molecule is CCOc1cc(/C=C2\SC(=S)N(CC)C2=O)cc(Br)c1OCc1cccc(C(=O)O)c1. The summed E-state index contributed by atoms with van der Waals surface area (Å²) in [5, 5.41) is 9.16. The van der Waals surface area contributed by atoms with Crippen LogP contribution in [0.4, 0.5) is 0 Å². The number of nitrogens with zero attached hydrogens (tertiary/aromatic N) is 1. The van der Waals surface area contributed by atoms with Crippen molar-refractivity contribution in [2.24, 2.45) is 0 Å². The molecule has 1 heterocycles.